The molecule has 30 heavy (non-hydrogen) atoms. The van der Waals surface area contributed by atoms with Crippen LogP contribution in [0.5, 0.6) is 0 Å². The number of piperazine rings is 1. The van der Waals surface area contributed by atoms with Crippen LogP contribution in [-0.2, 0) is 15.3 Å². The molecule has 0 radical (unpaired) electrons. The van der Waals surface area contributed by atoms with Crippen LogP contribution in [0.1, 0.15) is 12.5 Å². The average Bonchev–Trinajstić information content (AvgIpc) is 2.77. The van der Waals surface area contributed by atoms with Crippen molar-refractivity contribution in [1.29, 1.82) is 5.26 Å². The van der Waals surface area contributed by atoms with Crippen LogP contribution in [0.3, 0.4) is 0 Å². The van der Waals surface area contributed by atoms with Crippen molar-refractivity contribution in [1.82, 2.24) is 20.4 Å². The van der Waals surface area contributed by atoms with E-state index in [1.165, 1.54) is 11.8 Å². The molecule has 0 saturated carbocycles. The Bertz CT molecular complexity index is 747. The first-order valence-electron chi connectivity index (χ1n) is 9.78. The molecule has 2 rings (SSSR count). The predicted octanol–water partition coefficient (Wildman–Crippen LogP) is 1.41. The normalized spacial score (nSPS) is 14.4. The number of nitrogens with one attached hydrogen (secondary N) is 2. The summed E-state index contributed by atoms with van der Waals surface area (Å²) in [7, 11) is 0. The molecule has 0 spiro atoms. The van der Waals surface area contributed by atoms with Crippen molar-refractivity contribution in [2.24, 2.45) is 0 Å². The molecule has 1 saturated heterocycles. The van der Waals surface area contributed by atoms with Crippen molar-refractivity contribution < 1.29 is 19.1 Å². The quantitative estimate of drug-likeness (QED) is 0.599. The molecular weight excluding hydrogens is 406 g/mol. The molecule has 2 N–H and O–H groups in total. The monoisotopic (exact) mass is 433 g/mol. The second-order valence-electron chi connectivity index (χ2n) is 6.55. The van der Waals surface area contributed by atoms with Gasteiger partial charge in [-0.15, -0.1) is 0 Å². The van der Waals surface area contributed by atoms with Gasteiger partial charge in [-0.05, 0) is 12.5 Å². The van der Waals surface area contributed by atoms with Crippen molar-refractivity contribution in [2.75, 3.05) is 45.1 Å². The zero-order valence-electron chi connectivity index (χ0n) is 17.0. The largest absolute Gasteiger partial charge is 0.450 e. The summed E-state index contributed by atoms with van der Waals surface area (Å²) >= 11 is 1.53. The molecule has 4 amide bonds. The first-order valence-corrected chi connectivity index (χ1v) is 10.9. The SMILES string of the molecule is CCOC(=O)N1CCN(C(=O)N[C@@H](CSCc2ccccc2)C(=O)NCC#N)CC1. The van der Waals surface area contributed by atoms with Crippen LogP contribution in [0.25, 0.3) is 0 Å². The van der Waals surface area contributed by atoms with Gasteiger partial charge in [0.05, 0.1) is 12.7 Å². The highest BCUT2D eigenvalue weighted by Gasteiger charge is 2.28. The molecule has 0 aliphatic carbocycles. The van der Waals surface area contributed by atoms with E-state index >= 15 is 0 Å². The summed E-state index contributed by atoms with van der Waals surface area (Å²) in [6, 6.07) is 10.6. The number of nitrogens with zero attached hydrogens (tertiary/aromatic N) is 3. The van der Waals surface area contributed by atoms with E-state index in [-0.39, 0.29) is 18.7 Å². The maximum atomic E-state index is 12.6. The van der Waals surface area contributed by atoms with E-state index in [1.807, 2.05) is 36.4 Å². The van der Waals surface area contributed by atoms with E-state index in [0.29, 0.717) is 44.3 Å². The lowest BCUT2D eigenvalue weighted by Gasteiger charge is -2.34. The van der Waals surface area contributed by atoms with E-state index < -0.39 is 11.9 Å². The molecule has 1 aromatic carbocycles. The van der Waals surface area contributed by atoms with Crippen molar-refractivity contribution in [3.8, 4) is 6.07 Å². The van der Waals surface area contributed by atoms with Gasteiger partial charge in [0.15, 0.2) is 0 Å². The summed E-state index contributed by atoms with van der Waals surface area (Å²) in [6.45, 7) is 3.39. The Labute approximate surface area is 180 Å². The zero-order valence-corrected chi connectivity index (χ0v) is 17.8. The summed E-state index contributed by atoms with van der Waals surface area (Å²) in [4.78, 5) is 40.0. The van der Waals surface area contributed by atoms with Crippen LogP contribution in [0.2, 0.25) is 0 Å². The molecule has 0 aromatic heterocycles. The van der Waals surface area contributed by atoms with Crippen molar-refractivity contribution in [3.63, 3.8) is 0 Å². The lowest BCUT2D eigenvalue weighted by Crippen LogP contribution is -2.57. The van der Waals surface area contributed by atoms with Gasteiger partial charge in [-0.25, -0.2) is 9.59 Å². The van der Waals surface area contributed by atoms with Gasteiger partial charge in [0.1, 0.15) is 12.6 Å². The Morgan fingerprint density at radius 3 is 2.47 bits per heavy atom. The Morgan fingerprint density at radius 2 is 1.83 bits per heavy atom. The number of carbonyl (C=O) groups excluding carboxylic acids is 3. The first kappa shape index (κ1) is 23.3. The van der Waals surface area contributed by atoms with Gasteiger partial charge in [-0.1, -0.05) is 30.3 Å². The van der Waals surface area contributed by atoms with Gasteiger partial charge >= 0.3 is 12.1 Å². The van der Waals surface area contributed by atoms with Crippen LogP contribution in [0.15, 0.2) is 30.3 Å². The maximum Gasteiger partial charge on any atom is 0.409 e. The van der Waals surface area contributed by atoms with Crippen LogP contribution >= 0.6 is 11.8 Å². The van der Waals surface area contributed by atoms with Crippen molar-refractivity contribution >= 4 is 29.8 Å². The molecule has 1 aliphatic heterocycles. The summed E-state index contributed by atoms with van der Waals surface area (Å²) in [5.41, 5.74) is 1.13. The number of amides is 4. The number of carbonyl (C=O) groups is 3. The van der Waals surface area contributed by atoms with Gasteiger partial charge < -0.3 is 25.2 Å². The van der Waals surface area contributed by atoms with Crippen molar-refractivity contribution in [2.45, 2.75) is 18.7 Å². The fourth-order valence-electron chi connectivity index (χ4n) is 2.85. The van der Waals surface area contributed by atoms with Gasteiger partial charge in [0.2, 0.25) is 5.91 Å². The third kappa shape index (κ3) is 7.48. The lowest BCUT2D eigenvalue weighted by molar-refractivity contribution is -0.122. The summed E-state index contributed by atoms with van der Waals surface area (Å²) < 4.78 is 4.98. The minimum Gasteiger partial charge on any atom is -0.450 e. The minimum absolute atomic E-state index is 0.118. The average molecular weight is 434 g/mol. The van der Waals surface area contributed by atoms with Crippen LogP contribution in [0.4, 0.5) is 9.59 Å². The number of rotatable bonds is 8. The Balaban J connectivity index is 1.87. The lowest BCUT2D eigenvalue weighted by atomic mass is 10.2. The smallest absolute Gasteiger partial charge is 0.409 e. The fraction of sp³-hybridized carbons (Fsp3) is 0.500. The Kier molecular flexibility index (Phi) is 9.80. The molecule has 1 heterocycles. The van der Waals surface area contributed by atoms with Gasteiger partial charge in [-0.3, -0.25) is 4.79 Å². The van der Waals surface area contributed by atoms with E-state index in [4.69, 9.17) is 10.00 Å². The summed E-state index contributed by atoms with van der Waals surface area (Å²) in [6.07, 6.45) is -0.386. The van der Waals surface area contributed by atoms with Gasteiger partial charge in [0, 0.05) is 37.7 Å². The first-order chi connectivity index (χ1) is 14.5. The number of ether oxygens (including phenoxy) is 1. The number of benzene rings is 1. The molecule has 0 bridgehead atoms. The highest BCUT2D eigenvalue weighted by molar-refractivity contribution is 7.98. The van der Waals surface area contributed by atoms with Crippen LogP contribution in [-0.4, -0.2) is 79.0 Å². The summed E-state index contributed by atoms with van der Waals surface area (Å²) in [5, 5.41) is 14.0. The van der Waals surface area contributed by atoms with E-state index in [9.17, 15) is 14.4 Å². The van der Waals surface area contributed by atoms with E-state index in [1.54, 1.807) is 16.7 Å². The fourth-order valence-corrected chi connectivity index (χ4v) is 3.87. The molecular formula is C20H27N5O4S. The summed E-state index contributed by atoms with van der Waals surface area (Å²) in [5.74, 6) is 0.688. The van der Waals surface area contributed by atoms with E-state index in [0.717, 1.165) is 5.56 Å². The maximum absolute atomic E-state index is 12.6. The standard InChI is InChI=1S/C20H27N5O4S/c1-2-29-20(28)25-12-10-24(11-13-25)19(27)23-17(18(26)22-9-8-21)15-30-14-16-6-4-3-5-7-16/h3-7,17H,2,9-15H2,1H3,(H,22,26)(H,23,27)/t17-/m0/s1. The molecule has 10 heteroatoms. The van der Waals surface area contributed by atoms with Crippen molar-refractivity contribution in [3.05, 3.63) is 35.9 Å². The number of urea groups is 1. The number of hydrogen-bond acceptors (Lipinski definition) is 6. The molecule has 162 valence electrons. The molecule has 1 atom stereocenters. The number of hydrogen-bond donors (Lipinski definition) is 2. The highest BCUT2D eigenvalue weighted by atomic mass is 32.2. The number of nitriles is 1. The van der Waals surface area contributed by atoms with Crippen LogP contribution in [0, 0.1) is 11.3 Å². The highest BCUT2D eigenvalue weighted by Crippen LogP contribution is 2.13. The molecule has 1 aromatic rings. The zero-order chi connectivity index (χ0) is 21.8. The molecule has 9 nitrogen and oxygen atoms in total. The van der Waals surface area contributed by atoms with E-state index in [2.05, 4.69) is 10.6 Å². The molecule has 1 fully saturated rings. The molecule has 1 aliphatic rings. The molecule has 0 unspecified atom stereocenters. The van der Waals surface area contributed by atoms with Gasteiger partial charge in [-0.2, -0.15) is 17.0 Å². The second-order valence-corrected chi connectivity index (χ2v) is 7.58. The van der Waals surface area contributed by atoms with Crippen LogP contribution < -0.4 is 10.6 Å². The predicted molar refractivity (Wildman–Crippen MR) is 114 cm³/mol. The number of thioether (sulfide) groups is 1. The Hall–Kier alpha value is -2.93. The third-order valence-electron chi connectivity index (χ3n) is 4.44. The van der Waals surface area contributed by atoms with Gasteiger partial charge in [0.25, 0.3) is 0 Å². The Morgan fingerprint density at radius 1 is 1.17 bits per heavy atom. The topological polar surface area (TPSA) is 115 Å². The third-order valence-corrected chi connectivity index (χ3v) is 5.55. The minimum atomic E-state index is -0.761. The second kappa shape index (κ2) is 12.6.